The van der Waals surface area contributed by atoms with Crippen LogP contribution < -0.4 is 15.6 Å². The molecular weight excluding hydrogens is 440 g/mol. The number of benzene rings is 2. The topological polar surface area (TPSA) is 96.5 Å². The highest BCUT2D eigenvalue weighted by Gasteiger charge is 2.18. The number of fused-ring (bicyclic) bond motifs is 1. The Morgan fingerprint density at radius 2 is 1.83 bits per heavy atom. The fraction of sp³-hybridized carbons (Fsp3) is 0.143. The van der Waals surface area contributed by atoms with E-state index in [0.29, 0.717) is 11.4 Å². The van der Waals surface area contributed by atoms with Gasteiger partial charge in [0, 0.05) is 12.7 Å². The Kier molecular flexibility index (Phi) is 7.03. The number of hydrogen-bond acceptors (Lipinski definition) is 5. The number of pyridine rings is 1. The predicted molar refractivity (Wildman–Crippen MR) is 134 cm³/mol. The van der Waals surface area contributed by atoms with Crippen LogP contribution in [0.25, 0.3) is 11.7 Å². The van der Waals surface area contributed by atoms with E-state index < -0.39 is 11.5 Å². The highest BCUT2D eigenvalue weighted by molar-refractivity contribution is 6.01. The maximum absolute atomic E-state index is 13.4. The number of ether oxygens (including phenoxy) is 1. The van der Waals surface area contributed by atoms with E-state index >= 15 is 0 Å². The molecule has 0 saturated heterocycles. The van der Waals surface area contributed by atoms with E-state index in [1.54, 1.807) is 24.4 Å². The van der Waals surface area contributed by atoms with Gasteiger partial charge in [0.1, 0.15) is 28.6 Å². The van der Waals surface area contributed by atoms with Gasteiger partial charge in [-0.05, 0) is 54.3 Å². The van der Waals surface area contributed by atoms with E-state index in [1.807, 2.05) is 61.5 Å². The number of rotatable bonds is 7. The first kappa shape index (κ1) is 23.5. The van der Waals surface area contributed by atoms with Gasteiger partial charge >= 0.3 is 0 Å². The van der Waals surface area contributed by atoms with E-state index in [9.17, 15) is 14.9 Å². The van der Waals surface area contributed by atoms with Gasteiger partial charge in [-0.25, -0.2) is 0 Å². The first-order valence-electron chi connectivity index (χ1n) is 11.2. The normalized spacial score (nSPS) is 11.2. The van der Waals surface area contributed by atoms with Crippen molar-refractivity contribution >= 4 is 17.6 Å². The standard InChI is InChI=1S/C28H24N4O3/c1-3-20-11-13-23(14-12-20)35-27-24(28(34)32-15-7-8-19(2)25(32)31-27)16-22(17-29)26(33)30-18-21-9-5-4-6-10-21/h4-16H,3,18H2,1-2H3,(H,30,33)/b22-16+. The summed E-state index contributed by atoms with van der Waals surface area (Å²) < 4.78 is 7.38. The number of nitrogens with zero attached hydrogens (tertiary/aromatic N) is 3. The second kappa shape index (κ2) is 10.5. The van der Waals surface area contributed by atoms with Crippen LogP contribution in [-0.2, 0) is 17.8 Å². The lowest BCUT2D eigenvalue weighted by atomic mass is 10.1. The Hall–Kier alpha value is -4.70. The zero-order valence-electron chi connectivity index (χ0n) is 19.5. The molecule has 0 spiro atoms. The van der Waals surface area contributed by atoms with Crippen LogP contribution in [0.5, 0.6) is 11.6 Å². The van der Waals surface area contributed by atoms with Crippen molar-refractivity contribution < 1.29 is 9.53 Å². The Bertz CT molecular complexity index is 1500. The first-order valence-corrected chi connectivity index (χ1v) is 11.2. The number of nitrogens with one attached hydrogen (secondary N) is 1. The summed E-state index contributed by atoms with van der Waals surface area (Å²) in [5.41, 5.74) is 2.59. The summed E-state index contributed by atoms with van der Waals surface area (Å²) in [4.78, 5) is 30.7. The number of aryl methyl sites for hydroxylation is 2. The van der Waals surface area contributed by atoms with E-state index in [1.165, 1.54) is 10.5 Å². The van der Waals surface area contributed by atoms with Crippen molar-refractivity contribution in [3.8, 4) is 17.7 Å². The Morgan fingerprint density at radius 3 is 2.51 bits per heavy atom. The van der Waals surface area contributed by atoms with Crippen molar-refractivity contribution in [2.24, 2.45) is 0 Å². The smallest absolute Gasteiger partial charge is 0.269 e. The zero-order chi connectivity index (χ0) is 24.8. The summed E-state index contributed by atoms with van der Waals surface area (Å²) in [6.45, 7) is 4.15. The molecule has 35 heavy (non-hydrogen) atoms. The molecule has 4 rings (SSSR count). The van der Waals surface area contributed by atoms with E-state index in [0.717, 1.165) is 23.1 Å². The summed E-state index contributed by atoms with van der Waals surface area (Å²) in [6.07, 6.45) is 3.71. The lowest BCUT2D eigenvalue weighted by Gasteiger charge is -2.12. The van der Waals surface area contributed by atoms with Gasteiger partial charge in [0.05, 0.1) is 0 Å². The van der Waals surface area contributed by atoms with Crippen LogP contribution in [0.2, 0.25) is 0 Å². The summed E-state index contributed by atoms with van der Waals surface area (Å²) >= 11 is 0. The maximum atomic E-state index is 13.4. The summed E-state index contributed by atoms with van der Waals surface area (Å²) in [7, 11) is 0. The second-order valence-corrected chi connectivity index (χ2v) is 7.96. The molecule has 174 valence electrons. The fourth-order valence-corrected chi connectivity index (χ4v) is 3.56. The average molecular weight is 465 g/mol. The third-order valence-electron chi connectivity index (χ3n) is 5.55. The monoisotopic (exact) mass is 464 g/mol. The average Bonchev–Trinajstić information content (AvgIpc) is 2.89. The van der Waals surface area contributed by atoms with Gasteiger partial charge in [-0.15, -0.1) is 0 Å². The molecule has 2 heterocycles. The zero-order valence-corrected chi connectivity index (χ0v) is 19.5. The van der Waals surface area contributed by atoms with E-state index in [-0.39, 0.29) is 23.6 Å². The van der Waals surface area contributed by atoms with Crippen LogP contribution in [0, 0.1) is 18.3 Å². The molecule has 0 bridgehead atoms. The lowest BCUT2D eigenvalue weighted by Crippen LogP contribution is -2.25. The van der Waals surface area contributed by atoms with Crippen molar-refractivity contribution in [2.45, 2.75) is 26.8 Å². The third-order valence-corrected chi connectivity index (χ3v) is 5.55. The largest absolute Gasteiger partial charge is 0.438 e. The van der Waals surface area contributed by atoms with E-state index in [2.05, 4.69) is 17.2 Å². The Labute approximate surface area is 203 Å². The van der Waals surface area contributed by atoms with Crippen LogP contribution in [0.15, 0.2) is 83.3 Å². The van der Waals surface area contributed by atoms with Crippen molar-refractivity contribution in [2.75, 3.05) is 0 Å². The van der Waals surface area contributed by atoms with Gasteiger partial charge in [-0.1, -0.05) is 55.5 Å². The molecule has 0 saturated carbocycles. The fourth-order valence-electron chi connectivity index (χ4n) is 3.56. The minimum atomic E-state index is -0.594. The van der Waals surface area contributed by atoms with Crippen molar-refractivity contribution in [3.63, 3.8) is 0 Å². The number of carbonyl (C=O) groups is 1. The molecule has 1 amide bonds. The molecule has 2 aromatic carbocycles. The number of aromatic nitrogens is 2. The van der Waals surface area contributed by atoms with Gasteiger partial charge in [0.15, 0.2) is 0 Å². The maximum Gasteiger partial charge on any atom is 0.269 e. The number of amides is 1. The lowest BCUT2D eigenvalue weighted by molar-refractivity contribution is -0.117. The van der Waals surface area contributed by atoms with Gasteiger partial charge in [-0.2, -0.15) is 10.2 Å². The summed E-state index contributed by atoms with van der Waals surface area (Å²) in [5, 5.41) is 12.4. The second-order valence-electron chi connectivity index (χ2n) is 7.96. The van der Waals surface area contributed by atoms with Crippen LogP contribution >= 0.6 is 0 Å². The summed E-state index contributed by atoms with van der Waals surface area (Å²) in [5.74, 6) is -0.0748. The highest BCUT2D eigenvalue weighted by atomic mass is 16.5. The number of carbonyl (C=O) groups excluding carboxylic acids is 1. The van der Waals surface area contributed by atoms with Gasteiger partial charge < -0.3 is 10.1 Å². The van der Waals surface area contributed by atoms with Crippen molar-refractivity contribution in [1.29, 1.82) is 5.26 Å². The molecule has 7 nitrogen and oxygen atoms in total. The molecule has 0 unspecified atom stereocenters. The van der Waals surface area contributed by atoms with Crippen LogP contribution in [0.3, 0.4) is 0 Å². The van der Waals surface area contributed by atoms with Crippen molar-refractivity contribution in [1.82, 2.24) is 14.7 Å². The molecule has 0 aliphatic rings. The minimum Gasteiger partial charge on any atom is -0.438 e. The van der Waals surface area contributed by atoms with Gasteiger partial charge in [-0.3, -0.25) is 14.0 Å². The molecule has 0 radical (unpaired) electrons. The van der Waals surface area contributed by atoms with Crippen molar-refractivity contribution in [3.05, 3.63) is 111 Å². The molecule has 1 N–H and O–H groups in total. The Balaban J connectivity index is 1.76. The molecular formula is C28H24N4O3. The number of hydrogen-bond donors (Lipinski definition) is 1. The molecule has 0 atom stereocenters. The van der Waals surface area contributed by atoms with Crippen LogP contribution in [0.4, 0.5) is 0 Å². The SMILES string of the molecule is CCc1ccc(Oc2nc3c(C)cccn3c(=O)c2/C=C(\C#N)C(=O)NCc2ccccc2)cc1. The minimum absolute atomic E-state index is 0.0130. The first-order chi connectivity index (χ1) is 17.0. The van der Waals surface area contributed by atoms with Gasteiger partial charge in [0.25, 0.3) is 11.5 Å². The molecule has 4 aromatic rings. The highest BCUT2D eigenvalue weighted by Crippen LogP contribution is 2.25. The third kappa shape index (κ3) is 5.28. The molecule has 0 fully saturated rings. The van der Waals surface area contributed by atoms with E-state index in [4.69, 9.17) is 4.74 Å². The molecule has 0 aliphatic carbocycles. The molecule has 2 aromatic heterocycles. The molecule has 7 heteroatoms. The molecule has 0 aliphatic heterocycles. The quantitative estimate of drug-likeness (QED) is 0.319. The van der Waals surface area contributed by atoms with Gasteiger partial charge in [0.2, 0.25) is 5.88 Å². The van der Waals surface area contributed by atoms with Crippen LogP contribution in [-0.4, -0.2) is 15.3 Å². The van der Waals surface area contributed by atoms with Crippen LogP contribution in [0.1, 0.15) is 29.2 Å². The number of nitriles is 1. The summed E-state index contributed by atoms with van der Waals surface area (Å²) in [6, 6.07) is 22.3. The Morgan fingerprint density at radius 1 is 1.09 bits per heavy atom. The predicted octanol–water partition coefficient (Wildman–Crippen LogP) is 4.58.